The van der Waals surface area contributed by atoms with Crippen LogP contribution < -0.4 is 10.6 Å². The summed E-state index contributed by atoms with van der Waals surface area (Å²) in [4.78, 5) is 22.5. The van der Waals surface area contributed by atoms with Crippen LogP contribution in [-0.2, 0) is 0 Å². The predicted molar refractivity (Wildman–Crippen MR) is 80.5 cm³/mol. The highest BCUT2D eigenvalue weighted by molar-refractivity contribution is 8.00. The molecule has 2 rings (SSSR count). The molecule has 0 heterocycles. The molecule has 1 fully saturated rings. The average molecular weight is 312 g/mol. The number of hydrogen-bond donors (Lipinski definition) is 3. The Morgan fingerprint density at radius 2 is 2.14 bits per heavy atom. The Labute approximate surface area is 126 Å². The highest BCUT2D eigenvalue weighted by atomic mass is 32.2. The molecule has 1 aliphatic carbocycles. The molecule has 2 amide bonds. The fourth-order valence-corrected chi connectivity index (χ4v) is 3.12. The van der Waals surface area contributed by atoms with Gasteiger partial charge in [-0.1, -0.05) is 6.42 Å². The maximum Gasteiger partial charge on any atom is 0.338 e. The van der Waals surface area contributed by atoms with Crippen LogP contribution in [0.15, 0.2) is 18.2 Å². The first-order valence-corrected chi connectivity index (χ1v) is 7.81. The Hall–Kier alpha value is -1.76. The number of nitrogens with one attached hydrogen (secondary N) is 2. The third-order valence-corrected chi connectivity index (χ3v) is 5.14. The van der Waals surface area contributed by atoms with Gasteiger partial charge in [0.05, 0.1) is 5.56 Å². The molecule has 0 saturated heterocycles. The van der Waals surface area contributed by atoms with E-state index in [2.05, 4.69) is 10.6 Å². The molecule has 0 atom stereocenters. The van der Waals surface area contributed by atoms with E-state index in [1.54, 1.807) is 11.8 Å². The number of urea groups is 1. The number of halogens is 1. The van der Waals surface area contributed by atoms with Crippen molar-refractivity contribution in [1.29, 1.82) is 0 Å². The Kier molecular flexibility index (Phi) is 4.72. The van der Waals surface area contributed by atoms with Crippen molar-refractivity contribution < 1.29 is 19.1 Å². The van der Waals surface area contributed by atoms with Gasteiger partial charge in [-0.05, 0) is 37.3 Å². The third kappa shape index (κ3) is 3.66. The molecule has 0 spiro atoms. The summed E-state index contributed by atoms with van der Waals surface area (Å²) < 4.78 is 13.6. The van der Waals surface area contributed by atoms with Gasteiger partial charge in [-0.3, -0.25) is 0 Å². The standard InChI is InChI=1S/C14H17FN2O3S/c1-21-14(5-2-6-14)8-16-13(20)17-9-3-4-10(12(18)19)11(15)7-9/h3-4,7H,2,5-6,8H2,1H3,(H,18,19)(H2,16,17,20). The number of amides is 2. The van der Waals surface area contributed by atoms with Crippen LogP contribution in [0.2, 0.25) is 0 Å². The lowest BCUT2D eigenvalue weighted by molar-refractivity contribution is 0.0692. The zero-order chi connectivity index (χ0) is 15.5. The fraction of sp³-hybridized carbons (Fsp3) is 0.429. The van der Waals surface area contributed by atoms with Crippen LogP contribution in [0, 0.1) is 5.82 Å². The quantitative estimate of drug-likeness (QED) is 0.781. The zero-order valence-electron chi connectivity index (χ0n) is 11.6. The number of thioether (sulfide) groups is 1. The molecule has 0 bridgehead atoms. The fourth-order valence-electron chi connectivity index (χ4n) is 2.21. The molecule has 5 nitrogen and oxygen atoms in total. The second kappa shape index (κ2) is 6.34. The largest absolute Gasteiger partial charge is 0.478 e. The van der Waals surface area contributed by atoms with E-state index in [0.717, 1.165) is 25.0 Å². The van der Waals surface area contributed by atoms with E-state index in [0.29, 0.717) is 6.54 Å². The van der Waals surface area contributed by atoms with Crippen LogP contribution in [-0.4, -0.2) is 34.7 Å². The summed E-state index contributed by atoms with van der Waals surface area (Å²) in [6.07, 6.45) is 5.36. The SMILES string of the molecule is CSC1(CNC(=O)Nc2ccc(C(=O)O)c(F)c2)CCC1. The van der Waals surface area contributed by atoms with Gasteiger partial charge in [0.1, 0.15) is 5.82 Å². The average Bonchev–Trinajstić information content (AvgIpc) is 2.37. The van der Waals surface area contributed by atoms with E-state index in [1.807, 2.05) is 6.26 Å². The lowest BCUT2D eigenvalue weighted by Gasteiger charge is -2.40. The van der Waals surface area contributed by atoms with Crippen molar-refractivity contribution >= 4 is 29.4 Å². The number of carbonyl (C=O) groups is 2. The summed E-state index contributed by atoms with van der Waals surface area (Å²) in [5.41, 5.74) is -0.196. The predicted octanol–water partition coefficient (Wildman–Crippen LogP) is 2.93. The van der Waals surface area contributed by atoms with Crippen molar-refractivity contribution in [3.8, 4) is 0 Å². The van der Waals surface area contributed by atoms with E-state index in [1.165, 1.54) is 12.5 Å². The van der Waals surface area contributed by atoms with Crippen LogP contribution >= 0.6 is 11.8 Å². The lowest BCUT2D eigenvalue weighted by atomic mass is 9.84. The van der Waals surface area contributed by atoms with Crippen LogP contribution in [0.5, 0.6) is 0 Å². The minimum atomic E-state index is -1.34. The zero-order valence-corrected chi connectivity index (χ0v) is 12.4. The number of carbonyl (C=O) groups excluding carboxylic acids is 1. The smallest absolute Gasteiger partial charge is 0.338 e. The van der Waals surface area contributed by atoms with Crippen molar-refractivity contribution in [2.75, 3.05) is 18.1 Å². The third-order valence-electron chi connectivity index (χ3n) is 3.73. The highest BCUT2D eigenvalue weighted by Crippen LogP contribution is 2.42. The van der Waals surface area contributed by atoms with Gasteiger partial charge in [-0.2, -0.15) is 11.8 Å². The summed E-state index contributed by atoms with van der Waals surface area (Å²) in [5, 5.41) is 14.0. The molecule has 7 heteroatoms. The minimum Gasteiger partial charge on any atom is -0.478 e. The Morgan fingerprint density at radius 3 is 2.62 bits per heavy atom. The van der Waals surface area contributed by atoms with Gasteiger partial charge >= 0.3 is 12.0 Å². The second-order valence-corrected chi connectivity index (χ2v) is 6.32. The molecule has 0 aliphatic heterocycles. The number of anilines is 1. The molecule has 0 aromatic heterocycles. The highest BCUT2D eigenvalue weighted by Gasteiger charge is 2.36. The van der Waals surface area contributed by atoms with Gasteiger partial charge in [0, 0.05) is 17.0 Å². The van der Waals surface area contributed by atoms with Crippen LogP contribution in [0.4, 0.5) is 14.9 Å². The molecular weight excluding hydrogens is 295 g/mol. The van der Waals surface area contributed by atoms with Crippen molar-refractivity contribution in [1.82, 2.24) is 5.32 Å². The maximum absolute atomic E-state index is 13.5. The number of aromatic carboxylic acids is 1. The van der Waals surface area contributed by atoms with E-state index in [-0.39, 0.29) is 10.4 Å². The summed E-state index contributed by atoms with van der Waals surface area (Å²) in [6.45, 7) is 0.565. The van der Waals surface area contributed by atoms with Crippen molar-refractivity contribution in [2.45, 2.75) is 24.0 Å². The summed E-state index contributed by atoms with van der Waals surface area (Å²) in [7, 11) is 0. The van der Waals surface area contributed by atoms with E-state index in [9.17, 15) is 14.0 Å². The van der Waals surface area contributed by atoms with Gasteiger partial charge in [0.25, 0.3) is 0 Å². The molecule has 1 saturated carbocycles. The summed E-state index contributed by atoms with van der Waals surface area (Å²) in [5.74, 6) is -2.21. The molecule has 1 aromatic carbocycles. The van der Waals surface area contributed by atoms with Crippen LogP contribution in [0.3, 0.4) is 0 Å². The Bertz CT molecular complexity index is 556. The van der Waals surface area contributed by atoms with Crippen LogP contribution in [0.25, 0.3) is 0 Å². The first-order valence-electron chi connectivity index (χ1n) is 6.59. The number of hydrogen-bond acceptors (Lipinski definition) is 3. The first-order chi connectivity index (χ1) is 9.96. The number of rotatable bonds is 5. The van der Waals surface area contributed by atoms with E-state index >= 15 is 0 Å². The number of carboxylic acids is 1. The molecular formula is C14H17FN2O3S. The molecule has 1 aliphatic rings. The van der Waals surface area contributed by atoms with E-state index < -0.39 is 23.4 Å². The van der Waals surface area contributed by atoms with Gasteiger partial charge < -0.3 is 15.7 Å². The molecule has 21 heavy (non-hydrogen) atoms. The summed E-state index contributed by atoms with van der Waals surface area (Å²) >= 11 is 1.75. The molecule has 3 N–H and O–H groups in total. The van der Waals surface area contributed by atoms with Gasteiger partial charge in [-0.15, -0.1) is 0 Å². The first kappa shape index (κ1) is 15.6. The van der Waals surface area contributed by atoms with E-state index in [4.69, 9.17) is 5.11 Å². The summed E-state index contributed by atoms with van der Waals surface area (Å²) in [6, 6.07) is 3.07. The molecule has 0 radical (unpaired) electrons. The molecule has 0 unspecified atom stereocenters. The normalized spacial score (nSPS) is 15.9. The van der Waals surface area contributed by atoms with Gasteiger partial charge in [-0.25, -0.2) is 14.0 Å². The van der Waals surface area contributed by atoms with Gasteiger partial charge in [0.15, 0.2) is 0 Å². The molecule has 1 aromatic rings. The lowest BCUT2D eigenvalue weighted by Crippen LogP contribution is -2.46. The van der Waals surface area contributed by atoms with Crippen molar-refractivity contribution in [3.05, 3.63) is 29.6 Å². The topological polar surface area (TPSA) is 78.4 Å². The number of benzene rings is 1. The van der Waals surface area contributed by atoms with Crippen molar-refractivity contribution in [3.63, 3.8) is 0 Å². The van der Waals surface area contributed by atoms with Crippen LogP contribution in [0.1, 0.15) is 29.6 Å². The number of carboxylic acid groups (broad SMARTS) is 1. The minimum absolute atomic E-state index is 0.121. The van der Waals surface area contributed by atoms with Gasteiger partial charge in [0.2, 0.25) is 0 Å². The van der Waals surface area contributed by atoms with Crippen molar-refractivity contribution in [2.24, 2.45) is 0 Å². The Balaban J connectivity index is 1.91. The maximum atomic E-state index is 13.5. The Morgan fingerprint density at radius 1 is 1.43 bits per heavy atom. The monoisotopic (exact) mass is 312 g/mol. The molecule has 114 valence electrons. The second-order valence-electron chi connectivity index (χ2n) is 5.05.